The van der Waals surface area contributed by atoms with Gasteiger partial charge in [0.25, 0.3) is 0 Å². The number of rotatable bonds is 9. The van der Waals surface area contributed by atoms with Crippen LogP contribution in [0.4, 0.5) is 11.6 Å². The normalized spacial score (nSPS) is 13.1. The molecule has 0 aliphatic carbocycles. The molecule has 0 spiro atoms. The third kappa shape index (κ3) is 5.52. The lowest BCUT2D eigenvalue weighted by Gasteiger charge is -2.22. The number of nitrogens with one attached hydrogen (secondary N) is 2. The lowest BCUT2D eigenvalue weighted by atomic mass is 9.98. The van der Waals surface area contributed by atoms with Gasteiger partial charge in [-0.05, 0) is 71.4 Å². The number of imidazole rings is 1. The van der Waals surface area contributed by atoms with E-state index in [0.29, 0.717) is 5.92 Å². The van der Waals surface area contributed by atoms with Gasteiger partial charge >= 0.3 is 0 Å². The molecule has 0 aliphatic rings. The number of para-hydroxylation sites is 2. The first-order valence-electron chi connectivity index (χ1n) is 15.1. The summed E-state index contributed by atoms with van der Waals surface area (Å²) in [6, 6.07) is 15.3. The standard InChI is InChI=1S/C34H41N7S/c1-8-12-26-38-29-31(42-26)24-15-11-13-22(27(24)39-32(29)36-20(2)3)17-21(4)18-41-19-35-28-30(41)23-14-9-10-16-25(23)37-33(28)40-34(5,6)7/h9-11,13-16,19-21H,8,12,17-18H2,1-7H3,(H,36,39)(H,37,40). The van der Waals surface area contributed by atoms with Crippen molar-refractivity contribution in [3.63, 3.8) is 0 Å². The molecule has 1 atom stereocenters. The van der Waals surface area contributed by atoms with Crippen molar-refractivity contribution in [3.05, 3.63) is 59.4 Å². The number of pyridine rings is 2. The third-order valence-electron chi connectivity index (χ3n) is 7.40. The Bertz CT molecular complexity index is 1890. The van der Waals surface area contributed by atoms with Crippen LogP contribution in [0.5, 0.6) is 0 Å². The molecule has 0 bridgehead atoms. The van der Waals surface area contributed by atoms with Crippen molar-refractivity contribution in [3.8, 4) is 0 Å². The second kappa shape index (κ2) is 11.1. The lowest BCUT2D eigenvalue weighted by Crippen LogP contribution is -2.26. The maximum atomic E-state index is 5.20. The summed E-state index contributed by atoms with van der Waals surface area (Å²) >= 11 is 1.82. The Labute approximate surface area is 251 Å². The Hall–Kier alpha value is -3.78. The Morgan fingerprint density at radius 1 is 0.881 bits per heavy atom. The summed E-state index contributed by atoms with van der Waals surface area (Å²) in [6.07, 6.45) is 4.97. The van der Waals surface area contributed by atoms with E-state index in [-0.39, 0.29) is 11.6 Å². The van der Waals surface area contributed by atoms with Crippen molar-refractivity contribution >= 4 is 66.0 Å². The van der Waals surface area contributed by atoms with Gasteiger partial charge in [0, 0.05) is 28.9 Å². The number of anilines is 2. The van der Waals surface area contributed by atoms with E-state index in [9.17, 15) is 0 Å². The van der Waals surface area contributed by atoms with Crippen LogP contribution < -0.4 is 10.6 Å². The van der Waals surface area contributed by atoms with Gasteiger partial charge in [0.05, 0.1) is 32.6 Å². The number of hydrogen-bond acceptors (Lipinski definition) is 7. The van der Waals surface area contributed by atoms with E-state index in [1.165, 1.54) is 20.7 Å². The summed E-state index contributed by atoms with van der Waals surface area (Å²) in [4.78, 5) is 20.0. The van der Waals surface area contributed by atoms with E-state index >= 15 is 0 Å². The maximum Gasteiger partial charge on any atom is 0.155 e. The van der Waals surface area contributed by atoms with Crippen LogP contribution in [0.2, 0.25) is 0 Å². The first-order chi connectivity index (χ1) is 20.1. The molecule has 0 fully saturated rings. The first-order valence-corrected chi connectivity index (χ1v) is 15.9. The van der Waals surface area contributed by atoms with Gasteiger partial charge in [-0.2, -0.15) is 0 Å². The molecular formula is C34H41N7S. The van der Waals surface area contributed by atoms with E-state index < -0.39 is 0 Å². The highest BCUT2D eigenvalue weighted by molar-refractivity contribution is 7.19. The Morgan fingerprint density at radius 2 is 1.67 bits per heavy atom. The van der Waals surface area contributed by atoms with Crippen molar-refractivity contribution < 1.29 is 0 Å². The minimum atomic E-state index is -0.120. The molecular weight excluding hydrogens is 538 g/mol. The quantitative estimate of drug-likeness (QED) is 0.178. The van der Waals surface area contributed by atoms with E-state index in [1.807, 2.05) is 23.7 Å². The molecule has 0 radical (unpaired) electrons. The fourth-order valence-corrected chi connectivity index (χ4v) is 6.97. The first kappa shape index (κ1) is 28.3. The molecule has 0 saturated carbocycles. The molecule has 6 aromatic rings. The second-order valence-corrected chi connectivity index (χ2v) is 13.9. The molecule has 6 rings (SSSR count). The van der Waals surface area contributed by atoms with Gasteiger partial charge in [-0.15, -0.1) is 11.3 Å². The highest BCUT2D eigenvalue weighted by atomic mass is 32.1. The summed E-state index contributed by atoms with van der Waals surface area (Å²) in [6.45, 7) is 16.1. The van der Waals surface area contributed by atoms with Gasteiger partial charge in [0.1, 0.15) is 11.0 Å². The number of benzene rings is 2. The molecule has 42 heavy (non-hydrogen) atoms. The monoisotopic (exact) mass is 579 g/mol. The van der Waals surface area contributed by atoms with E-state index in [0.717, 1.165) is 70.4 Å². The van der Waals surface area contributed by atoms with E-state index in [2.05, 4.69) is 100 Å². The van der Waals surface area contributed by atoms with Crippen LogP contribution in [0.1, 0.15) is 65.5 Å². The molecule has 4 heterocycles. The minimum Gasteiger partial charge on any atom is -0.366 e. The predicted molar refractivity (Wildman–Crippen MR) is 179 cm³/mol. The van der Waals surface area contributed by atoms with Crippen LogP contribution in [0.15, 0.2) is 48.8 Å². The molecule has 1 unspecified atom stereocenters. The topological polar surface area (TPSA) is 80.5 Å². The number of fused-ring (bicyclic) bond motifs is 6. The average Bonchev–Trinajstić information content (AvgIpc) is 3.54. The Balaban J connectivity index is 1.38. The van der Waals surface area contributed by atoms with E-state index in [1.54, 1.807) is 0 Å². The minimum absolute atomic E-state index is 0.120. The number of aryl methyl sites for hydroxylation is 1. The number of thiazole rings is 1. The van der Waals surface area contributed by atoms with Crippen molar-refractivity contribution in [2.24, 2.45) is 5.92 Å². The van der Waals surface area contributed by atoms with Crippen molar-refractivity contribution in [1.82, 2.24) is 24.5 Å². The average molecular weight is 580 g/mol. The van der Waals surface area contributed by atoms with Gasteiger partial charge in [-0.25, -0.2) is 19.9 Å². The van der Waals surface area contributed by atoms with Crippen LogP contribution >= 0.6 is 11.3 Å². The maximum absolute atomic E-state index is 5.20. The second-order valence-electron chi connectivity index (χ2n) is 12.9. The molecule has 0 saturated heterocycles. The van der Waals surface area contributed by atoms with Crippen LogP contribution in [-0.4, -0.2) is 36.1 Å². The predicted octanol–water partition coefficient (Wildman–Crippen LogP) is 8.60. The van der Waals surface area contributed by atoms with Gasteiger partial charge < -0.3 is 15.2 Å². The molecule has 0 aliphatic heterocycles. The van der Waals surface area contributed by atoms with Crippen molar-refractivity contribution in [2.75, 3.05) is 10.6 Å². The highest BCUT2D eigenvalue weighted by Crippen LogP contribution is 2.36. The van der Waals surface area contributed by atoms with Gasteiger partial charge in [0.2, 0.25) is 0 Å². The fourth-order valence-electron chi connectivity index (χ4n) is 5.78. The number of nitrogens with zero attached hydrogens (tertiary/aromatic N) is 5. The zero-order valence-corrected chi connectivity index (χ0v) is 26.6. The van der Waals surface area contributed by atoms with Crippen molar-refractivity contribution in [2.45, 2.75) is 85.9 Å². The molecule has 7 nitrogen and oxygen atoms in total. The molecule has 218 valence electrons. The largest absolute Gasteiger partial charge is 0.366 e. The number of aromatic nitrogens is 5. The van der Waals surface area contributed by atoms with Crippen LogP contribution in [-0.2, 0) is 19.4 Å². The van der Waals surface area contributed by atoms with Crippen LogP contribution in [0.25, 0.3) is 43.1 Å². The highest BCUT2D eigenvalue weighted by Gasteiger charge is 2.21. The molecule has 2 aromatic carbocycles. The summed E-state index contributed by atoms with van der Waals surface area (Å²) in [5.74, 6) is 2.08. The third-order valence-corrected chi connectivity index (χ3v) is 8.54. The molecule has 0 amide bonds. The summed E-state index contributed by atoms with van der Waals surface area (Å²) < 4.78 is 3.54. The van der Waals surface area contributed by atoms with E-state index in [4.69, 9.17) is 19.9 Å². The van der Waals surface area contributed by atoms with Gasteiger partial charge in [0.15, 0.2) is 11.6 Å². The molecule has 8 heteroatoms. The summed E-state index contributed by atoms with van der Waals surface area (Å²) in [5, 5.41) is 10.7. The van der Waals surface area contributed by atoms with Gasteiger partial charge in [-0.3, -0.25) is 0 Å². The smallest absolute Gasteiger partial charge is 0.155 e. The fraction of sp³-hybridized carbons (Fsp3) is 0.412. The Kier molecular flexibility index (Phi) is 7.51. The van der Waals surface area contributed by atoms with Gasteiger partial charge in [-0.1, -0.05) is 50.2 Å². The lowest BCUT2D eigenvalue weighted by molar-refractivity contribution is 0.489. The van der Waals surface area contributed by atoms with Crippen LogP contribution in [0.3, 0.4) is 0 Å². The Morgan fingerprint density at radius 3 is 2.43 bits per heavy atom. The summed E-state index contributed by atoms with van der Waals surface area (Å²) in [5.41, 5.74) is 6.26. The molecule has 4 aromatic heterocycles. The zero-order valence-electron chi connectivity index (χ0n) is 25.7. The number of hydrogen-bond donors (Lipinski definition) is 2. The zero-order chi connectivity index (χ0) is 29.6. The summed E-state index contributed by atoms with van der Waals surface area (Å²) in [7, 11) is 0. The van der Waals surface area contributed by atoms with Crippen molar-refractivity contribution in [1.29, 1.82) is 0 Å². The SMILES string of the molecule is CCCc1nc2c(NC(C)C)nc3c(CC(C)Cn4cnc5c(NC(C)(C)C)nc6ccccc6c54)cccc3c2s1. The van der Waals surface area contributed by atoms with Crippen LogP contribution in [0, 0.1) is 5.92 Å². The molecule has 2 N–H and O–H groups in total.